The Labute approximate surface area is 82.4 Å². The normalized spacial score (nSPS) is 18.2. The van der Waals surface area contributed by atoms with E-state index in [0.717, 1.165) is 12.6 Å². The predicted molar refractivity (Wildman–Crippen MR) is 55.6 cm³/mol. The van der Waals surface area contributed by atoms with Crippen LogP contribution in [0.5, 0.6) is 0 Å². The van der Waals surface area contributed by atoms with Crippen LogP contribution in [0.15, 0.2) is 6.20 Å². The van der Waals surface area contributed by atoms with Crippen LogP contribution in [0.2, 0.25) is 0 Å². The quantitative estimate of drug-likeness (QED) is 0.776. The Bertz CT molecular complexity index is 266. The lowest BCUT2D eigenvalue weighted by atomic mass is 10.2. The van der Waals surface area contributed by atoms with Crippen molar-refractivity contribution in [3.8, 4) is 0 Å². The molecule has 0 aromatic carbocycles. The maximum Gasteiger partial charge on any atom is 0.180 e. The highest BCUT2D eigenvalue weighted by Crippen LogP contribution is 2.19. The van der Waals surface area contributed by atoms with Crippen molar-refractivity contribution in [3.63, 3.8) is 0 Å². The minimum atomic E-state index is 0.670. The van der Waals surface area contributed by atoms with Crippen LogP contribution >= 0.6 is 11.3 Å². The van der Waals surface area contributed by atoms with Crippen LogP contribution in [-0.2, 0) is 6.54 Å². The van der Waals surface area contributed by atoms with E-state index < -0.39 is 0 Å². The molecule has 1 fully saturated rings. The number of aromatic nitrogens is 1. The van der Waals surface area contributed by atoms with Crippen molar-refractivity contribution in [2.75, 3.05) is 5.73 Å². The third-order valence-electron chi connectivity index (χ3n) is 2.49. The Balaban J connectivity index is 1.78. The number of anilines is 1. The van der Waals surface area contributed by atoms with Gasteiger partial charge in [-0.25, -0.2) is 4.98 Å². The number of nitrogen functional groups attached to an aromatic ring is 1. The van der Waals surface area contributed by atoms with E-state index in [9.17, 15) is 0 Å². The number of hydrogen-bond donors (Lipinski definition) is 2. The molecule has 1 aromatic heterocycles. The summed E-state index contributed by atoms with van der Waals surface area (Å²) in [7, 11) is 0. The molecule has 0 atom stereocenters. The number of nitrogens with two attached hydrogens (primary N) is 1. The van der Waals surface area contributed by atoms with Crippen molar-refractivity contribution in [1.29, 1.82) is 0 Å². The first-order chi connectivity index (χ1) is 6.34. The van der Waals surface area contributed by atoms with Gasteiger partial charge in [0.1, 0.15) is 0 Å². The first-order valence-corrected chi connectivity index (χ1v) is 5.60. The zero-order chi connectivity index (χ0) is 9.10. The van der Waals surface area contributed by atoms with E-state index in [1.165, 1.54) is 30.6 Å². The Morgan fingerprint density at radius 3 is 2.92 bits per heavy atom. The molecule has 0 bridgehead atoms. The molecular weight excluding hydrogens is 182 g/mol. The van der Waals surface area contributed by atoms with Gasteiger partial charge in [0.2, 0.25) is 0 Å². The van der Waals surface area contributed by atoms with Crippen molar-refractivity contribution in [2.24, 2.45) is 0 Å². The molecular formula is C9H15N3S. The largest absolute Gasteiger partial charge is 0.375 e. The fraction of sp³-hybridized carbons (Fsp3) is 0.667. The average Bonchev–Trinajstić information content (AvgIpc) is 2.71. The molecule has 0 aliphatic heterocycles. The van der Waals surface area contributed by atoms with E-state index in [1.54, 1.807) is 11.3 Å². The smallest absolute Gasteiger partial charge is 0.180 e. The number of hydrogen-bond acceptors (Lipinski definition) is 4. The molecule has 1 heterocycles. The number of thiazole rings is 1. The minimum Gasteiger partial charge on any atom is -0.375 e. The molecule has 1 saturated carbocycles. The Kier molecular flexibility index (Phi) is 2.80. The second-order valence-corrected chi connectivity index (χ2v) is 4.67. The van der Waals surface area contributed by atoms with Gasteiger partial charge in [-0.05, 0) is 12.8 Å². The van der Waals surface area contributed by atoms with E-state index in [0.29, 0.717) is 5.13 Å². The molecule has 3 N–H and O–H groups in total. The van der Waals surface area contributed by atoms with Crippen LogP contribution in [0.3, 0.4) is 0 Å². The summed E-state index contributed by atoms with van der Waals surface area (Å²) in [5, 5.41) is 4.20. The molecule has 0 saturated heterocycles. The molecule has 0 spiro atoms. The van der Waals surface area contributed by atoms with Crippen LogP contribution in [0.1, 0.15) is 30.6 Å². The second-order valence-electron chi connectivity index (χ2n) is 3.53. The summed E-state index contributed by atoms with van der Waals surface area (Å²) in [6.45, 7) is 0.930. The first kappa shape index (κ1) is 8.97. The molecule has 3 nitrogen and oxygen atoms in total. The standard InChI is InChI=1S/C9H15N3S/c10-9-12-6-8(13-9)5-11-7-3-1-2-4-7/h6-7,11H,1-5H2,(H2,10,12). The fourth-order valence-corrected chi connectivity index (χ4v) is 2.41. The van der Waals surface area contributed by atoms with Gasteiger partial charge in [0, 0.05) is 23.7 Å². The van der Waals surface area contributed by atoms with Crippen molar-refractivity contribution >= 4 is 16.5 Å². The monoisotopic (exact) mass is 197 g/mol. The van der Waals surface area contributed by atoms with Gasteiger partial charge in [0.15, 0.2) is 5.13 Å². The van der Waals surface area contributed by atoms with Gasteiger partial charge >= 0.3 is 0 Å². The number of nitrogens with one attached hydrogen (secondary N) is 1. The van der Waals surface area contributed by atoms with E-state index in [4.69, 9.17) is 5.73 Å². The highest BCUT2D eigenvalue weighted by atomic mass is 32.1. The van der Waals surface area contributed by atoms with Gasteiger partial charge in [-0.3, -0.25) is 0 Å². The van der Waals surface area contributed by atoms with Crippen molar-refractivity contribution in [1.82, 2.24) is 10.3 Å². The molecule has 1 aromatic rings. The van der Waals surface area contributed by atoms with Gasteiger partial charge in [0.25, 0.3) is 0 Å². The molecule has 1 aliphatic rings. The third-order valence-corrected chi connectivity index (χ3v) is 3.32. The van der Waals surface area contributed by atoms with Gasteiger partial charge in [0.05, 0.1) is 0 Å². The van der Waals surface area contributed by atoms with Crippen LogP contribution in [0.4, 0.5) is 5.13 Å². The summed E-state index contributed by atoms with van der Waals surface area (Å²) in [6.07, 6.45) is 7.27. The molecule has 0 radical (unpaired) electrons. The van der Waals surface area contributed by atoms with Gasteiger partial charge < -0.3 is 11.1 Å². The summed E-state index contributed by atoms with van der Waals surface area (Å²) in [4.78, 5) is 5.26. The summed E-state index contributed by atoms with van der Waals surface area (Å²) in [5.41, 5.74) is 5.54. The molecule has 4 heteroatoms. The van der Waals surface area contributed by atoms with Gasteiger partial charge in [-0.1, -0.05) is 12.8 Å². The predicted octanol–water partition coefficient (Wildman–Crippen LogP) is 1.76. The van der Waals surface area contributed by atoms with Gasteiger partial charge in [-0.15, -0.1) is 11.3 Å². The zero-order valence-corrected chi connectivity index (χ0v) is 8.44. The Morgan fingerprint density at radius 2 is 2.31 bits per heavy atom. The summed E-state index contributed by atoms with van der Waals surface area (Å²) < 4.78 is 0. The van der Waals surface area contributed by atoms with Crippen LogP contribution in [0.25, 0.3) is 0 Å². The molecule has 72 valence electrons. The number of nitrogens with zero attached hydrogens (tertiary/aromatic N) is 1. The highest BCUT2D eigenvalue weighted by Gasteiger charge is 2.13. The second kappa shape index (κ2) is 4.07. The molecule has 2 rings (SSSR count). The lowest BCUT2D eigenvalue weighted by Crippen LogP contribution is -2.24. The molecule has 1 aliphatic carbocycles. The Morgan fingerprint density at radius 1 is 1.54 bits per heavy atom. The summed E-state index contributed by atoms with van der Waals surface area (Å²) >= 11 is 1.58. The third kappa shape index (κ3) is 2.42. The Hall–Kier alpha value is -0.610. The summed E-state index contributed by atoms with van der Waals surface area (Å²) in [5.74, 6) is 0. The average molecular weight is 197 g/mol. The van der Waals surface area contributed by atoms with Crippen molar-refractivity contribution < 1.29 is 0 Å². The lowest BCUT2D eigenvalue weighted by Gasteiger charge is -2.09. The minimum absolute atomic E-state index is 0.670. The fourth-order valence-electron chi connectivity index (χ4n) is 1.78. The van der Waals surface area contributed by atoms with Crippen LogP contribution in [0, 0.1) is 0 Å². The lowest BCUT2D eigenvalue weighted by molar-refractivity contribution is 0.527. The van der Waals surface area contributed by atoms with Crippen molar-refractivity contribution in [3.05, 3.63) is 11.1 Å². The van der Waals surface area contributed by atoms with E-state index >= 15 is 0 Å². The topological polar surface area (TPSA) is 50.9 Å². The zero-order valence-electron chi connectivity index (χ0n) is 7.62. The maximum atomic E-state index is 5.54. The van der Waals surface area contributed by atoms with E-state index in [1.807, 2.05) is 6.20 Å². The van der Waals surface area contributed by atoms with Crippen LogP contribution < -0.4 is 11.1 Å². The van der Waals surface area contributed by atoms with Gasteiger partial charge in [-0.2, -0.15) is 0 Å². The van der Waals surface area contributed by atoms with Crippen LogP contribution in [-0.4, -0.2) is 11.0 Å². The molecule has 0 unspecified atom stereocenters. The number of rotatable bonds is 3. The highest BCUT2D eigenvalue weighted by molar-refractivity contribution is 7.15. The SMILES string of the molecule is Nc1ncc(CNC2CCCC2)s1. The summed E-state index contributed by atoms with van der Waals surface area (Å²) in [6, 6.07) is 0.725. The van der Waals surface area contributed by atoms with Crippen molar-refractivity contribution in [2.45, 2.75) is 38.3 Å². The van der Waals surface area contributed by atoms with E-state index in [2.05, 4.69) is 10.3 Å². The molecule has 13 heavy (non-hydrogen) atoms. The first-order valence-electron chi connectivity index (χ1n) is 4.78. The van der Waals surface area contributed by atoms with E-state index in [-0.39, 0.29) is 0 Å². The maximum absolute atomic E-state index is 5.54. The molecule has 0 amide bonds.